The lowest BCUT2D eigenvalue weighted by Gasteiger charge is -2.12. The fourth-order valence-electron chi connectivity index (χ4n) is 1.62. The van der Waals surface area contributed by atoms with E-state index in [1.54, 1.807) is 24.3 Å². The van der Waals surface area contributed by atoms with Crippen molar-refractivity contribution in [2.75, 3.05) is 5.73 Å². The van der Waals surface area contributed by atoms with E-state index in [2.05, 4.69) is 5.10 Å². The van der Waals surface area contributed by atoms with Gasteiger partial charge in [0.1, 0.15) is 0 Å². The molecule has 3 nitrogen and oxygen atoms in total. The summed E-state index contributed by atoms with van der Waals surface area (Å²) in [4.78, 5) is 0. The van der Waals surface area contributed by atoms with Crippen LogP contribution in [0, 0.1) is 0 Å². The van der Waals surface area contributed by atoms with Crippen LogP contribution in [0.15, 0.2) is 30.5 Å². The molecule has 0 bridgehead atoms. The molecule has 96 valence electrons. The summed E-state index contributed by atoms with van der Waals surface area (Å²) in [5, 5.41) is 4.02. The fraction of sp³-hybridized carbons (Fsp3) is 0.182. The van der Waals surface area contributed by atoms with Crippen molar-refractivity contribution < 1.29 is 13.2 Å². The minimum atomic E-state index is -4.54. The maximum Gasteiger partial charge on any atom is 0.435 e. The summed E-state index contributed by atoms with van der Waals surface area (Å²) < 4.78 is 39.1. The Morgan fingerprint density at radius 1 is 1.28 bits per heavy atom. The first-order valence-electron chi connectivity index (χ1n) is 5.01. The Labute approximate surface area is 106 Å². The van der Waals surface area contributed by atoms with Gasteiger partial charge in [0.15, 0.2) is 5.69 Å². The van der Waals surface area contributed by atoms with Gasteiger partial charge in [0.2, 0.25) is 0 Å². The lowest BCUT2D eigenvalue weighted by molar-refractivity contribution is -0.143. The van der Waals surface area contributed by atoms with Crippen molar-refractivity contribution in [1.82, 2.24) is 9.78 Å². The maximum atomic E-state index is 12.8. The van der Waals surface area contributed by atoms with Crippen LogP contribution >= 0.6 is 11.6 Å². The number of benzene rings is 1. The SMILES string of the molecule is Nc1cnn(Cc2ccccc2Cl)c1C(F)(F)F. The number of rotatable bonds is 2. The quantitative estimate of drug-likeness (QED) is 0.915. The number of halogens is 4. The van der Waals surface area contributed by atoms with Gasteiger partial charge in [-0.1, -0.05) is 29.8 Å². The number of nitrogen functional groups attached to an aromatic ring is 1. The van der Waals surface area contributed by atoms with Gasteiger partial charge in [0, 0.05) is 5.02 Å². The molecule has 0 spiro atoms. The molecule has 0 fully saturated rings. The Hall–Kier alpha value is -1.69. The molecular formula is C11H9ClF3N3. The van der Waals surface area contributed by atoms with Crippen molar-refractivity contribution in [3.8, 4) is 0 Å². The van der Waals surface area contributed by atoms with Crippen LogP contribution in [-0.2, 0) is 12.7 Å². The monoisotopic (exact) mass is 275 g/mol. The molecule has 18 heavy (non-hydrogen) atoms. The van der Waals surface area contributed by atoms with E-state index in [9.17, 15) is 13.2 Å². The second kappa shape index (κ2) is 4.53. The third kappa shape index (κ3) is 2.43. The lowest BCUT2D eigenvalue weighted by atomic mass is 10.2. The average Bonchev–Trinajstić information content (AvgIpc) is 2.62. The predicted octanol–water partition coefficient (Wildman–Crippen LogP) is 3.19. The first-order chi connectivity index (χ1) is 8.39. The predicted molar refractivity (Wildman–Crippen MR) is 62.2 cm³/mol. The zero-order chi connectivity index (χ0) is 13.3. The zero-order valence-electron chi connectivity index (χ0n) is 9.08. The normalized spacial score (nSPS) is 11.8. The Balaban J connectivity index is 2.39. The molecule has 7 heteroatoms. The summed E-state index contributed by atoms with van der Waals surface area (Å²) in [5.74, 6) is 0. The van der Waals surface area contributed by atoms with Crippen LogP contribution in [0.1, 0.15) is 11.3 Å². The highest BCUT2D eigenvalue weighted by atomic mass is 35.5. The van der Waals surface area contributed by atoms with Crippen LogP contribution in [-0.4, -0.2) is 9.78 Å². The number of nitrogens with two attached hydrogens (primary N) is 1. The molecule has 0 aliphatic heterocycles. The van der Waals surface area contributed by atoms with Crippen molar-refractivity contribution in [1.29, 1.82) is 0 Å². The minimum absolute atomic E-state index is 0.0777. The van der Waals surface area contributed by atoms with Crippen LogP contribution in [0.2, 0.25) is 5.02 Å². The molecule has 1 heterocycles. The van der Waals surface area contributed by atoms with Crippen LogP contribution in [0.5, 0.6) is 0 Å². The Kier molecular flexibility index (Phi) is 3.21. The molecule has 0 unspecified atom stereocenters. The highest BCUT2D eigenvalue weighted by Gasteiger charge is 2.37. The van der Waals surface area contributed by atoms with E-state index in [0.717, 1.165) is 10.9 Å². The van der Waals surface area contributed by atoms with Gasteiger partial charge in [-0.15, -0.1) is 0 Å². The second-order valence-electron chi connectivity index (χ2n) is 3.70. The highest BCUT2D eigenvalue weighted by molar-refractivity contribution is 6.31. The smallest absolute Gasteiger partial charge is 0.396 e. The molecule has 0 aliphatic carbocycles. The van der Waals surface area contributed by atoms with Gasteiger partial charge in [0.25, 0.3) is 0 Å². The maximum absolute atomic E-state index is 12.8. The van der Waals surface area contributed by atoms with Crippen molar-refractivity contribution in [3.05, 3.63) is 46.7 Å². The van der Waals surface area contributed by atoms with Gasteiger partial charge >= 0.3 is 6.18 Å². The molecule has 2 aromatic rings. The number of nitrogens with zero attached hydrogens (tertiary/aromatic N) is 2. The van der Waals surface area contributed by atoms with Crippen molar-refractivity contribution in [2.24, 2.45) is 0 Å². The summed E-state index contributed by atoms with van der Waals surface area (Å²) in [7, 11) is 0. The fourth-order valence-corrected chi connectivity index (χ4v) is 1.81. The van der Waals surface area contributed by atoms with Gasteiger partial charge < -0.3 is 5.73 Å². The number of hydrogen-bond acceptors (Lipinski definition) is 2. The number of aromatic nitrogens is 2. The van der Waals surface area contributed by atoms with Crippen molar-refractivity contribution in [3.63, 3.8) is 0 Å². The molecule has 2 N–H and O–H groups in total. The van der Waals surface area contributed by atoms with Crippen LogP contribution in [0.3, 0.4) is 0 Å². The Morgan fingerprint density at radius 3 is 2.56 bits per heavy atom. The van der Waals surface area contributed by atoms with E-state index in [1.807, 2.05) is 0 Å². The van der Waals surface area contributed by atoms with E-state index in [4.69, 9.17) is 17.3 Å². The Bertz CT molecular complexity index is 563. The third-order valence-electron chi connectivity index (χ3n) is 2.41. The molecule has 0 saturated carbocycles. The van der Waals surface area contributed by atoms with Gasteiger partial charge in [-0.2, -0.15) is 18.3 Å². The first-order valence-corrected chi connectivity index (χ1v) is 5.39. The van der Waals surface area contributed by atoms with Crippen LogP contribution in [0.25, 0.3) is 0 Å². The molecule has 2 rings (SSSR count). The molecule has 0 atom stereocenters. The van der Waals surface area contributed by atoms with Crippen molar-refractivity contribution in [2.45, 2.75) is 12.7 Å². The molecule has 0 aliphatic rings. The van der Waals surface area contributed by atoms with Crippen LogP contribution in [0.4, 0.5) is 18.9 Å². The van der Waals surface area contributed by atoms with E-state index >= 15 is 0 Å². The molecule has 0 amide bonds. The number of anilines is 1. The summed E-state index contributed by atoms with van der Waals surface area (Å²) in [6, 6.07) is 6.65. The third-order valence-corrected chi connectivity index (χ3v) is 2.78. The van der Waals surface area contributed by atoms with E-state index in [0.29, 0.717) is 10.6 Å². The summed E-state index contributed by atoms with van der Waals surface area (Å²) in [5.41, 5.74) is 4.48. The first kappa shape index (κ1) is 12.8. The molecule has 0 radical (unpaired) electrons. The van der Waals surface area contributed by atoms with Crippen molar-refractivity contribution >= 4 is 17.3 Å². The average molecular weight is 276 g/mol. The van der Waals surface area contributed by atoms with E-state index in [1.165, 1.54) is 0 Å². The largest absolute Gasteiger partial charge is 0.435 e. The lowest BCUT2D eigenvalue weighted by Crippen LogP contribution is -2.17. The zero-order valence-corrected chi connectivity index (χ0v) is 9.83. The summed E-state index contributed by atoms with van der Waals surface area (Å²) in [6.07, 6.45) is -3.55. The highest BCUT2D eigenvalue weighted by Crippen LogP contribution is 2.33. The molecule has 1 aromatic carbocycles. The van der Waals surface area contributed by atoms with E-state index < -0.39 is 17.6 Å². The van der Waals surface area contributed by atoms with Gasteiger partial charge in [0.05, 0.1) is 18.4 Å². The summed E-state index contributed by atoms with van der Waals surface area (Å²) >= 11 is 5.89. The minimum Gasteiger partial charge on any atom is -0.396 e. The second-order valence-corrected chi connectivity index (χ2v) is 4.10. The van der Waals surface area contributed by atoms with Gasteiger partial charge in [-0.3, -0.25) is 4.68 Å². The van der Waals surface area contributed by atoms with Gasteiger partial charge in [-0.25, -0.2) is 0 Å². The van der Waals surface area contributed by atoms with Crippen LogP contribution < -0.4 is 5.73 Å². The Morgan fingerprint density at radius 2 is 1.94 bits per heavy atom. The van der Waals surface area contributed by atoms with Gasteiger partial charge in [-0.05, 0) is 11.6 Å². The number of alkyl halides is 3. The molecular weight excluding hydrogens is 267 g/mol. The topological polar surface area (TPSA) is 43.8 Å². The van der Waals surface area contributed by atoms with E-state index in [-0.39, 0.29) is 6.54 Å². The standard InChI is InChI=1S/C11H9ClF3N3/c12-8-4-2-1-3-7(8)6-18-10(11(13,14)15)9(16)5-17-18/h1-5H,6,16H2. The molecule has 0 saturated heterocycles. The summed E-state index contributed by atoms with van der Waals surface area (Å²) in [6.45, 7) is -0.0777. The molecule has 1 aromatic heterocycles. The number of hydrogen-bond donors (Lipinski definition) is 1.